The number of aryl methyl sites for hydroxylation is 2. The fourth-order valence-corrected chi connectivity index (χ4v) is 10.2. The standard InChI is InChI=1S/C41H37N6O11P.C20H34NO4P.CH4/c1-5-55-59(54,56-6-2)57-20-19-27-8-15-33(16-9-27)58-41(53)34-17-7-25(3)21-29(34)22-32(48)14-18-35(40(51)52)47-38(49)28-10-12-30(13-11-28)42-23-31-24-43-37-36(46-31)39(50)45-26(4)44-37;1-5-8-19(9-6-2)20(22)21-16-18-12-10-17(11-13-18)14-15-25-26(4,23)24-7-3;/h1-2,7-13,15-17,21,24,35,42H,14,18-20,22-23H2,3-4H3,(H,47,49)(H,51,52)(H,43,44,45,50);10-13,19H,5-9,14-16H2,1-4H3,(H,21,22);1H4/t35-;;/m0../s1. The number of carbonyl (C=O) groups excluding carboxylic acids is 4. The molecule has 24 heteroatoms. The zero-order chi connectivity index (χ0) is 61.9. The summed E-state index contributed by atoms with van der Waals surface area (Å²) in [6, 6.07) is 24.2. The molecular formula is C62H75N7O15P2. The van der Waals surface area contributed by atoms with Crippen LogP contribution in [0.3, 0.4) is 0 Å². The summed E-state index contributed by atoms with van der Waals surface area (Å²) < 4.78 is 54.2. The Hall–Kier alpha value is -8.49. The number of terminal acetylenes is 2. The van der Waals surface area contributed by atoms with E-state index in [1.54, 1.807) is 87.6 Å². The number of aromatic amines is 1. The van der Waals surface area contributed by atoms with Crippen molar-refractivity contribution in [2.75, 3.05) is 31.8 Å². The van der Waals surface area contributed by atoms with Gasteiger partial charge in [-0.05, 0) is 118 Å². The summed E-state index contributed by atoms with van der Waals surface area (Å²) in [6.45, 7) is 12.4. The Bertz CT molecular complexity index is 3470. The second-order valence-corrected chi connectivity index (χ2v) is 23.0. The lowest BCUT2D eigenvalue weighted by molar-refractivity contribution is -0.139. The molecule has 2 amide bonds. The molecule has 5 N–H and O–H groups in total. The molecule has 2 atom stereocenters. The Kier molecular flexibility index (Phi) is 28.6. The Morgan fingerprint density at radius 2 is 1.38 bits per heavy atom. The monoisotopic (exact) mass is 1220 g/mol. The molecular weight excluding hydrogens is 1140 g/mol. The number of carboxylic acids is 1. The summed E-state index contributed by atoms with van der Waals surface area (Å²) in [5.74, 6) is -2.13. The van der Waals surface area contributed by atoms with Crippen LogP contribution >= 0.6 is 15.4 Å². The van der Waals surface area contributed by atoms with Crippen LogP contribution in [0.25, 0.3) is 11.2 Å². The number of nitrogens with one attached hydrogen (secondary N) is 4. The third kappa shape index (κ3) is 23.2. The second-order valence-electron chi connectivity index (χ2n) is 19.5. The van der Waals surface area contributed by atoms with E-state index in [0.29, 0.717) is 48.9 Å². The van der Waals surface area contributed by atoms with E-state index in [1.165, 1.54) is 25.0 Å². The number of hydrogen-bond acceptors (Lipinski definition) is 18. The first-order valence-electron chi connectivity index (χ1n) is 27.4. The van der Waals surface area contributed by atoms with Crippen molar-refractivity contribution in [1.29, 1.82) is 0 Å². The molecule has 2 heterocycles. The van der Waals surface area contributed by atoms with E-state index in [2.05, 4.69) is 58.8 Å². The lowest BCUT2D eigenvalue weighted by Gasteiger charge is -2.15. The molecule has 4 aromatic carbocycles. The highest BCUT2D eigenvalue weighted by atomic mass is 31.2. The first kappa shape index (κ1) is 70.0. The van der Waals surface area contributed by atoms with Gasteiger partial charge in [-0.2, -0.15) is 0 Å². The van der Waals surface area contributed by atoms with Gasteiger partial charge in [0.1, 0.15) is 35.6 Å². The molecule has 2 aromatic heterocycles. The molecule has 0 aliphatic rings. The van der Waals surface area contributed by atoms with Crippen LogP contribution in [-0.2, 0) is 78.5 Å². The maximum Gasteiger partial charge on any atom is 0.604 e. The van der Waals surface area contributed by atoms with E-state index in [9.17, 15) is 43.0 Å². The highest BCUT2D eigenvalue weighted by molar-refractivity contribution is 7.53. The Balaban J connectivity index is 0.000000492. The number of H-pyrrole nitrogens is 1. The molecule has 458 valence electrons. The highest BCUT2D eigenvalue weighted by Gasteiger charge is 2.29. The van der Waals surface area contributed by atoms with Crippen LogP contribution in [0.5, 0.6) is 5.75 Å². The number of aliphatic carboxylic acids is 1. The second kappa shape index (κ2) is 35.1. The minimum atomic E-state index is -4.11. The lowest BCUT2D eigenvalue weighted by atomic mass is 9.97. The smallest absolute Gasteiger partial charge is 0.480 e. The summed E-state index contributed by atoms with van der Waals surface area (Å²) in [6.07, 6.45) is 19.2. The summed E-state index contributed by atoms with van der Waals surface area (Å²) in [7, 11) is -7.04. The van der Waals surface area contributed by atoms with Gasteiger partial charge < -0.3 is 48.9 Å². The van der Waals surface area contributed by atoms with Gasteiger partial charge in [0.15, 0.2) is 11.2 Å². The van der Waals surface area contributed by atoms with Crippen LogP contribution in [-0.4, -0.2) is 87.1 Å². The molecule has 0 saturated carbocycles. The van der Waals surface area contributed by atoms with E-state index in [1.807, 2.05) is 24.3 Å². The minimum Gasteiger partial charge on any atom is -0.480 e. The fourth-order valence-electron chi connectivity index (χ4n) is 8.48. The van der Waals surface area contributed by atoms with Gasteiger partial charge in [-0.1, -0.05) is 101 Å². The summed E-state index contributed by atoms with van der Waals surface area (Å²) in [5.41, 5.74) is 5.46. The van der Waals surface area contributed by atoms with Crippen molar-refractivity contribution in [2.24, 2.45) is 5.92 Å². The topological polar surface area (TPSA) is 303 Å². The number of Topliss-reactive ketones (excluding diaryl/α,β-unsaturated/α-hetero) is 1. The van der Waals surface area contributed by atoms with Crippen LogP contribution in [0.2, 0.25) is 0 Å². The maximum absolute atomic E-state index is 13.2. The van der Waals surface area contributed by atoms with Gasteiger partial charge in [0, 0.05) is 43.2 Å². The zero-order valence-electron chi connectivity index (χ0n) is 48.3. The number of nitrogens with zero attached hydrogens (tertiary/aromatic N) is 3. The molecule has 0 radical (unpaired) electrons. The maximum atomic E-state index is 13.2. The Morgan fingerprint density at radius 3 is 1.99 bits per heavy atom. The number of fused-ring (bicyclic) bond motifs is 1. The van der Waals surface area contributed by atoms with Crippen LogP contribution in [0.15, 0.2) is 102 Å². The number of hydrogen-bond donors (Lipinski definition) is 5. The van der Waals surface area contributed by atoms with Gasteiger partial charge in [-0.3, -0.25) is 28.3 Å². The van der Waals surface area contributed by atoms with Crippen molar-refractivity contribution < 1.29 is 65.6 Å². The van der Waals surface area contributed by atoms with Crippen molar-refractivity contribution in [1.82, 2.24) is 30.6 Å². The number of ether oxygens (including phenoxy) is 1. The van der Waals surface area contributed by atoms with Crippen molar-refractivity contribution >= 4 is 61.8 Å². The van der Waals surface area contributed by atoms with Gasteiger partial charge in [0.25, 0.3) is 11.5 Å². The third-order valence-electron chi connectivity index (χ3n) is 12.7. The molecule has 0 fully saturated rings. The third-order valence-corrected chi connectivity index (χ3v) is 15.2. The van der Waals surface area contributed by atoms with E-state index in [4.69, 9.17) is 31.2 Å². The average molecular weight is 1220 g/mol. The predicted molar refractivity (Wildman–Crippen MR) is 326 cm³/mol. The van der Waals surface area contributed by atoms with E-state index >= 15 is 0 Å². The van der Waals surface area contributed by atoms with Crippen molar-refractivity contribution in [3.8, 4) is 30.8 Å². The Morgan fingerprint density at radius 1 is 0.767 bits per heavy atom. The number of benzene rings is 4. The molecule has 0 spiro atoms. The average Bonchev–Trinajstić information content (AvgIpc) is 2.16. The van der Waals surface area contributed by atoms with Crippen LogP contribution in [0, 0.1) is 44.8 Å². The van der Waals surface area contributed by atoms with Crippen LogP contribution < -0.4 is 26.2 Å². The number of phosphoric ester groups is 1. The molecule has 6 rings (SSSR count). The number of carbonyl (C=O) groups is 5. The highest BCUT2D eigenvalue weighted by Crippen LogP contribution is 2.48. The summed E-state index contributed by atoms with van der Waals surface area (Å²) in [5, 5.41) is 18.5. The summed E-state index contributed by atoms with van der Waals surface area (Å²) in [4.78, 5) is 91.2. The number of aromatic nitrogens is 4. The molecule has 0 saturated heterocycles. The SMILES string of the molecule is C.C#COP(=O)(OC#C)OCCc1ccc(OC(=O)c2ccc(C)cc2CC(=O)CC[C@H](NC(=O)c2ccc(NCc3cnc4nc(C)[nH]c(=O)c4n3)cc2)C(=O)O)cc1.CCCC(CCC)C(=O)NCc1ccc(CCOP(C)(=O)OCC)cc1. The van der Waals surface area contributed by atoms with Gasteiger partial charge >= 0.3 is 27.4 Å². The predicted octanol–water partition coefficient (Wildman–Crippen LogP) is 10.4. The number of rotatable bonds is 32. The number of anilines is 1. The number of ketones is 1. The molecule has 0 aliphatic carbocycles. The quantitative estimate of drug-likeness (QED) is 0.0113. The number of esters is 1. The molecule has 0 bridgehead atoms. The molecule has 1 unspecified atom stereocenters. The van der Waals surface area contributed by atoms with E-state index in [-0.39, 0.29) is 91.9 Å². The molecule has 22 nitrogen and oxygen atoms in total. The number of amides is 2. The molecule has 6 aromatic rings. The van der Waals surface area contributed by atoms with Gasteiger partial charge in [0.2, 0.25) is 5.91 Å². The Labute approximate surface area is 501 Å². The first-order valence-corrected chi connectivity index (χ1v) is 30.9. The van der Waals surface area contributed by atoms with E-state index < -0.39 is 44.9 Å². The molecule has 86 heavy (non-hydrogen) atoms. The number of phosphoric acid groups is 1. The van der Waals surface area contributed by atoms with Crippen molar-refractivity contribution in [3.05, 3.63) is 158 Å². The zero-order valence-corrected chi connectivity index (χ0v) is 50.1. The summed E-state index contributed by atoms with van der Waals surface area (Å²) >= 11 is 0. The van der Waals surface area contributed by atoms with Crippen molar-refractivity contribution in [3.63, 3.8) is 0 Å². The fraction of sp³-hybridized carbons (Fsp3) is 0.371. The largest absolute Gasteiger partial charge is 0.604 e. The van der Waals surface area contributed by atoms with E-state index in [0.717, 1.165) is 47.9 Å². The molecule has 0 aliphatic heterocycles. The van der Waals surface area contributed by atoms with Gasteiger partial charge in [-0.25, -0.2) is 29.1 Å². The number of carboxylic acid groups (broad SMARTS) is 1. The normalized spacial score (nSPS) is 11.9. The van der Waals surface area contributed by atoms with Crippen LogP contribution in [0.4, 0.5) is 5.69 Å². The van der Waals surface area contributed by atoms with Gasteiger partial charge in [-0.15, -0.1) is 0 Å². The van der Waals surface area contributed by atoms with Crippen LogP contribution in [0.1, 0.15) is 127 Å². The van der Waals surface area contributed by atoms with Gasteiger partial charge in [0.05, 0.1) is 43.8 Å². The minimum absolute atomic E-state index is 0. The lowest BCUT2D eigenvalue weighted by Crippen LogP contribution is -2.41. The van der Waals surface area contributed by atoms with Crippen molar-refractivity contribution in [2.45, 2.75) is 119 Å². The first-order chi connectivity index (χ1) is 40.7.